The summed E-state index contributed by atoms with van der Waals surface area (Å²) in [5.41, 5.74) is 9.18. The summed E-state index contributed by atoms with van der Waals surface area (Å²) in [7, 11) is 0. The monoisotopic (exact) mass is 335 g/mol. The van der Waals surface area contributed by atoms with Crippen LogP contribution >= 0.6 is 12.2 Å². The predicted molar refractivity (Wildman–Crippen MR) is 87.9 cm³/mol. The molecule has 3 aromatic rings. The minimum atomic E-state index is -2.94. The number of nitrogens with two attached hydrogens (primary N) is 1. The van der Waals surface area contributed by atoms with Gasteiger partial charge in [-0.15, -0.1) is 0 Å². The molecule has 0 fully saturated rings. The molecule has 0 bridgehead atoms. The van der Waals surface area contributed by atoms with Gasteiger partial charge >= 0.3 is 6.61 Å². The van der Waals surface area contributed by atoms with Crippen molar-refractivity contribution in [2.24, 2.45) is 10.8 Å². The minimum Gasteiger partial charge on any atom is -0.452 e. The summed E-state index contributed by atoms with van der Waals surface area (Å²) < 4.78 is 35.3. The molecule has 3 rings (SSSR count). The van der Waals surface area contributed by atoms with Crippen LogP contribution in [0.1, 0.15) is 5.56 Å². The van der Waals surface area contributed by atoms with Crippen LogP contribution in [0.2, 0.25) is 0 Å². The summed E-state index contributed by atoms with van der Waals surface area (Å²) in [5, 5.41) is 5.30. The average molecular weight is 335 g/mol. The second-order valence-electron chi connectivity index (χ2n) is 4.57. The van der Waals surface area contributed by atoms with E-state index in [1.54, 1.807) is 18.2 Å². The van der Waals surface area contributed by atoms with Crippen LogP contribution in [0, 0.1) is 0 Å². The van der Waals surface area contributed by atoms with E-state index in [2.05, 4.69) is 27.5 Å². The van der Waals surface area contributed by atoms with Gasteiger partial charge in [-0.2, -0.15) is 13.9 Å². The third-order valence-electron chi connectivity index (χ3n) is 3.12. The molecule has 1 aromatic heterocycles. The van der Waals surface area contributed by atoms with Gasteiger partial charge < -0.3 is 14.9 Å². The normalized spacial score (nSPS) is 11.6. The Morgan fingerprint density at radius 3 is 2.83 bits per heavy atom. The minimum absolute atomic E-state index is 0.0206. The summed E-state index contributed by atoms with van der Waals surface area (Å²) in [4.78, 5) is 0. The third kappa shape index (κ3) is 3.07. The van der Waals surface area contributed by atoms with E-state index in [0.717, 1.165) is 5.39 Å². The first-order chi connectivity index (χ1) is 11.1. The number of nitrogens with zero attached hydrogens (tertiary/aromatic N) is 1. The smallest absolute Gasteiger partial charge is 0.387 e. The Hall–Kier alpha value is -2.74. The SMILES string of the molecule is NC(=S)NN=Cc1ccc(OC(F)F)c2oc3ccccc3c12. The van der Waals surface area contributed by atoms with Crippen LogP contribution in [0.3, 0.4) is 0 Å². The van der Waals surface area contributed by atoms with Crippen molar-refractivity contribution >= 4 is 45.5 Å². The van der Waals surface area contributed by atoms with Gasteiger partial charge in [-0.25, -0.2) is 0 Å². The van der Waals surface area contributed by atoms with Gasteiger partial charge in [-0.3, -0.25) is 5.43 Å². The molecular weight excluding hydrogens is 324 g/mol. The quantitative estimate of drug-likeness (QED) is 0.434. The van der Waals surface area contributed by atoms with Gasteiger partial charge in [0.1, 0.15) is 5.58 Å². The highest BCUT2D eigenvalue weighted by atomic mass is 32.1. The number of benzene rings is 2. The highest BCUT2D eigenvalue weighted by molar-refractivity contribution is 7.80. The lowest BCUT2D eigenvalue weighted by Crippen LogP contribution is -2.24. The number of hydrogen-bond acceptors (Lipinski definition) is 4. The maximum atomic E-state index is 12.6. The number of para-hydroxylation sites is 1. The van der Waals surface area contributed by atoms with E-state index in [-0.39, 0.29) is 16.4 Å². The Balaban J connectivity index is 2.21. The lowest BCUT2D eigenvalue weighted by Gasteiger charge is -2.06. The summed E-state index contributed by atoms with van der Waals surface area (Å²) in [6.45, 7) is -2.94. The molecule has 0 saturated carbocycles. The van der Waals surface area contributed by atoms with Crippen molar-refractivity contribution < 1.29 is 17.9 Å². The number of furan rings is 1. The molecule has 23 heavy (non-hydrogen) atoms. The van der Waals surface area contributed by atoms with E-state index in [4.69, 9.17) is 10.2 Å². The second-order valence-corrected chi connectivity index (χ2v) is 5.01. The molecule has 0 unspecified atom stereocenters. The molecule has 118 valence electrons. The van der Waals surface area contributed by atoms with Gasteiger partial charge in [0.15, 0.2) is 16.4 Å². The number of nitrogens with one attached hydrogen (secondary N) is 1. The highest BCUT2D eigenvalue weighted by Crippen LogP contribution is 2.37. The lowest BCUT2D eigenvalue weighted by atomic mass is 10.1. The molecule has 0 saturated heterocycles. The molecule has 1 heterocycles. The Bertz CT molecular complexity index is 908. The summed E-state index contributed by atoms with van der Waals surface area (Å²) in [6.07, 6.45) is 1.48. The van der Waals surface area contributed by atoms with Crippen molar-refractivity contribution in [1.29, 1.82) is 0 Å². The fourth-order valence-electron chi connectivity index (χ4n) is 2.29. The van der Waals surface area contributed by atoms with Crippen molar-refractivity contribution in [2.45, 2.75) is 6.61 Å². The summed E-state index contributed by atoms with van der Waals surface area (Å²) in [6, 6.07) is 10.2. The lowest BCUT2D eigenvalue weighted by molar-refractivity contribution is -0.0493. The fraction of sp³-hybridized carbons (Fsp3) is 0.0667. The summed E-state index contributed by atoms with van der Waals surface area (Å²) >= 11 is 4.67. The van der Waals surface area contributed by atoms with Crippen molar-refractivity contribution in [3.8, 4) is 5.75 Å². The first kappa shape index (κ1) is 15.2. The van der Waals surface area contributed by atoms with E-state index in [1.807, 2.05) is 12.1 Å². The van der Waals surface area contributed by atoms with E-state index in [1.165, 1.54) is 12.3 Å². The highest BCUT2D eigenvalue weighted by Gasteiger charge is 2.17. The molecule has 0 amide bonds. The van der Waals surface area contributed by atoms with Gasteiger partial charge in [0.25, 0.3) is 0 Å². The largest absolute Gasteiger partial charge is 0.452 e. The number of hydrogen-bond donors (Lipinski definition) is 2. The third-order valence-corrected chi connectivity index (χ3v) is 3.21. The number of ether oxygens (including phenoxy) is 1. The fourth-order valence-corrected chi connectivity index (χ4v) is 2.34. The van der Waals surface area contributed by atoms with Crippen LogP contribution in [0.4, 0.5) is 8.78 Å². The number of thiocarbonyl (C=S) groups is 1. The second kappa shape index (κ2) is 6.17. The molecular formula is C15H11F2N3O2S. The standard InChI is InChI=1S/C15H11F2N3O2S/c16-14(17)22-11-6-5-8(7-19-20-15(18)23)12-9-3-1-2-4-10(9)21-13(11)12/h1-7,14H,(H3,18,20,23). The van der Waals surface area contributed by atoms with Crippen molar-refractivity contribution in [1.82, 2.24) is 5.43 Å². The maximum Gasteiger partial charge on any atom is 0.387 e. The Morgan fingerprint density at radius 1 is 1.30 bits per heavy atom. The maximum absolute atomic E-state index is 12.6. The van der Waals surface area contributed by atoms with E-state index in [0.29, 0.717) is 16.5 Å². The topological polar surface area (TPSA) is 72.8 Å². The zero-order chi connectivity index (χ0) is 16.4. The van der Waals surface area contributed by atoms with E-state index < -0.39 is 6.61 Å². The number of fused-ring (bicyclic) bond motifs is 3. The van der Waals surface area contributed by atoms with E-state index >= 15 is 0 Å². The van der Waals surface area contributed by atoms with Crippen molar-refractivity contribution in [3.63, 3.8) is 0 Å². The van der Waals surface area contributed by atoms with Crippen LogP contribution in [0.5, 0.6) is 5.75 Å². The molecule has 0 radical (unpaired) electrons. The van der Waals surface area contributed by atoms with Gasteiger partial charge in [0.2, 0.25) is 0 Å². The number of rotatable bonds is 4. The van der Waals surface area contributed by atoms with Gasteiger partial charge in [0, 0.05) is 16.3 Å². The van der Waals surface area contributed by atoms with Crippen LogP contribution in [0.15, 0.2) is 45.9 Å². The van der Waals surface area contributed by atoms with Crippen molar-refractivity contribution in [3.05, 3.63) is 42.0 Å². The first-order valence-corrected chi connectivity index (χ1v) is 6.94. The zero-order valence-electron chi connectivity index (χ0n) is 11.6. The van der Waals surface area contributed by atoms with E-state index in [9.17, 15) is 8.78 Å². The van der Waals surface area contributed by atoms with Crippen LogP contribution in [0.25, 0.3) is 21.9 Å². The first-order valence-electron chi connectivity index (χ1n) is 6.54. The molecule has 0 aliphatic carbocycles. The Kier molecular flexibility index (Phi) is 4.07. The van der Waals surface area contributed by atoms with Gasteiger partial charge in [-0.05, 0) is 30.4 Å². The molecule has 0 spiro atoms. The van der Waals surface area contributed by atoms with Gasteiger partial charge in [0.05, 0.1) is 6.21 Å². The number of alkyl halides is 2. The molecule has 8 heteroatoms. The Morgan fingerprint density at radius 2 is 2.09 bits per heavy atom. The molecule has 0 aliphatic heterocycles. The average Bonchev–Trinajstić information content (AvgIpc) is 2.88. The summed E-state index contributed by atoms with van der Waals surface area (Å²) in [5.74, 6) is -0.0364. The molecule has 0 aliphatic rings. The van der Waals surface area contributed by atoms with Crippen LogP contribution < -0.4 is 15.9 Å². The number of halogens is 2. The van der Waals surface area contributed by atoms with Gasteiger partial charge in [-0.1, -0.05) is 18.2 Å². The molecule has 5 nitrogen and oxygen atoms in total. The van der Waals surface area contributed by atoms with Crippen molar-refractivity contribution in [2.75, 3.05) is 0 Å². The molecule has 3 N–H and O–H groups in total. The van der Waals surface area contributed by atoms with Crippen LogP contribution in [-0.4, -0.2) is 17.9 Å². The molecule has 2 aromatic carbocycles. The van der Waals surface area contributed by atoms with Crippen LogP contribution in [-0.2, 0) is 0 Å². The zero-order valence-corrected chi connectivity index (χ0v) is 12.4. The predicted octanol–water partition coefficient (Wildman–Crippen LogP) is 3.35. The molecule has 0 atom stereocenters. The Labute approximate surface area is 134 Å². The number of hydrazone groups is 1.